The van der Waals surface area contributed by atoms with Gasteiger partial charge in [-0.2, -0.15) is 13.2 Å². The van der Waals surface area contributed by atoms with Gasteiger partial charge in [0.2, 0.25) is 5.95 Å². The lowest BCUT2D eigenvalue weighted by molar-refractivity contribution is -0.138. The number of alkyl halides is 3. The first-order valence-electron chi connectivity index (χ1n) is 11.7. The highest BCUT2D eigenvalue weighted by Crippen LogP contribution is 2.33. The van der Waals surface area contributed by atoms with E-state index >= 15 is 4.39 Å². The number of sulfone groups is 1. The Morgan fingerprint density at radius 3 is 2.34 bits per heavy atom. The highest BCUT2D eigenvalue weighted by molar-refractivity contribution is 7.90. The number of nitrogens with zero attached hydrogens (tertiary/aromatic N) is 5. The lowest BCUT2D eigenvalue weighted by Crippen LogP contribution is -2.34. The minimum atomic E-state index is -4.49. The molecule has 1 saturated heterocycles. The van der Waals surface area contributed by atoms with Crippen LogP contribution in [0.5, 0.6) is 0 Å². The molecule has 5 rings (SSSR count). The minimum absolute atomic E-state index is 0.0352. The van der Waals surface area contributed by atoms with Crippen LogP contribution in [-0.2, 0) is 22.6 Å². The van der Waals surface area contributed by atoms with Crippen LogP contribution in [0, 0.1) is 5.82 Å². The third-order valence-electron chi connectivity index (χ3n) is 6.69. The van der Waals surface area contributed by atoms with Gasteiger partial charge in [-0.25, -0.2) is 22.8 Å². The smallest absolute Gasteiger partial charge is 0.341 e. The number of hydrogen-bond acceptors (Lipinski definition) is 6. The van der Waals surface area contributed by atoms with E-state index in [-0.39, 0.29) is 34.0 Å². The van der Waals surface area contributed by atoms with Gasteiger partial charge in [0, 0.05) is 49.5 Å². The number of hydrogen-bond donors (Lipinski definition) is 0. The van der Waals surface area contributed by atoms with Gasteiger partial charge in [0.15, 0.2) is 9.84 Å². The molecule has 7 nitrogen and oxygen atoms in total. The van der Waals surface area contributed by atoms with Crippen molar-refractivity contribution in [1.29, 1.82) is 0 Å². The maximum Gasteiger partial charge on any atom is 0.419 e. The number of aromatic nitrogens is 4. The maximum atomic E-state index is 15.1. The summed E-state index contributed by atoms with van der Waals surface area (Å²) in [6.07, 6.45) is 2.80. The Morgan fingerprint density at radius 1 is 1.05 bits per heavy atom. The van der Waals surface area contributed by atoms with Crippen LogP contribution >= 0.6 is 11.6 Å². The first-order valence-corrected chi connectivity index (χ1v) is 13.9. The van der Waals surface area contributed by atoms with Gasteiger partial charge in [-0.05, 0) is 48.6 Å². The third kappa shape index (κ3) is 5.32. The quantitative estimate of drug-likeness (QED) is 0.297. The molecular weight excluding hydrogens is 546 g/mol. The Kier molecular flexibility index (Phi) is 6.80. The fourth-order valence-electron chi connectivity index (χ4n) is 4.64. The van der Waals surface area contributed by atoms with Crippen molar-refractivity contribution in [3.8, 4) is 0 Å². The van der Waals surface area contributed by atoms with Crippen LogP contribution in [-0.4, -0.2) is 47.3 Å². The number of anilines is 1. The number of halogens is 5. The molecule has 0 atom stereocenters. The van der Waals surface area contributed by atoms with E-state index in [0.29, 0.717) is 36.8 Å². The molecule has 200 valence electrons. The van der Waals surface area contributed by atoms with Gasteiger partial charge in [0.25, 0.3) is 0 Å². The van der Waals surface area contributed by atoms with Crippen molar-refractivity contribution in [3.05, 3.63) is 76.7 Å². The Morgan fingerprint density at radius 2 is 1.74 bits per heavy atom. The first kappa shape index (κ1) is 26.4. The molecular formula is C25H22ClF4N5O2S. The zero-order valence-corrected chi connectivity index (χ0v) is 21.7. The summed E-state index contributed by atoms with van der Waals surface area (Å²) in [5, 5.41) is 0.868. The van der Waals surface area contributed by atoms with Crippen LogP contribution in [0.2, 0.25) is 5.02 Å². The average molecular weight is 568 g/mol. The predicted octanol–water partition coefficient (Wildman–Crippen LogP) is 5.47. The standard InChI is InChI=1S/C25H22ClF4N5O2S/c1-38(36,37)19-8-16-4-7-35(23(16)20(26)10-19)14-22-21(27)9-17(11-31-22)15-2-5-34(6-3-15)24-32-12-18(13-33-24)25(28,29)30/h4,7-13,15H,2-3,5-6,14H2,1H3. The molecule has 0 amide bonds. The van der Waals surface area contributed by atoms with E-state index in [1.54, 1.807) is 23.0 Å². The lowest BCUT2D eigenvalue weighted by atomic mass is 9.90. The zero-order valence-electron chi connectivity index (χ0n) is 20.1. The lowest BCUT2D eigenvalue weighted by Gasteiger charge is -2.32. The Bertz CT molecular complexity index is 1600. The van der Waals surface area contributed by atoms with E-state index in [4.69, 9.17) is 11.6 Å². The molecule has 0 aliphatic carbocycles. The SMILES string of the molecule is CS(=O)(=O)c1cc(Cl)c2c(ccn2Cc2ncc(C3CCN(c4ncc(C(F)(F)F)cn4)CC3)cc2F)c1. The summed E-state index contributed by atoms with van der Waals surface area (Å²) < 4.78 is 78.8. The molecule has 0 bridgehead atoms. The van der Waals surface area contributed by atoms with Crippen molar-refractivity contribution in [2.75, 3.05) is 24.2 Å². The summed E-state index contributed by atoms with van der Waals surface area (Å²) in [4.78, 5) is 14.0. The second-order valence-electron chi connectivity index (χ2n) is 9.29. The van der Waals surface area contributed by atoms with Crippen molar-refractivity contribution in [3.63, 3.8) is 0 Å². The molecule has 4 aromatic rings. The van der Waals surface area contributed by atoms with Crippen LogP contribution in [0.15, 0.2) is 53.9 Å². The van der Waals surface area contributed by atoms with Crippen LogP contribution < -0.4 is 4.90 Å². The van der Waals surface area contributed by atoms with Gasteiger partial charge in [-0.1, -0.05) is 11.6 Å². The molecule has 3 aromatic heterocycles. The molecule has 0 spiro atoms. The van der Waals surface area contributed by atoms with E-state index < -0.39 is 27.4 Å². The monoisotopic (exact) mass is 567 g/mol. The summed E-state index contributed by atoms with van der Waals surface area (Å²) in [7, 11) is -3.43. The van der Waals surface area contributed by atoms with Crippen LogP contribution in [0.1, 0.15) is 35.6 Å². The summed E-state index contributed by atoms with van der Waals surface area (Å²) in [6, 6.07) is 6.09. The molecule has 0 N–H and O–H groups in total. The van der Waals surface area contributed by atoms with E-state index in [2.05, 4.69) is 15.0 Å². The van der Waals surface area contributed by atoms with Crippen molar-refractivity contribution < 1.29 is 26.0 Å². The van der Waals surface area contributed by atoms with Gasteiger partial charge in [-0.3, -0.25) is 4.98 Å². The number of pyridine rings is 1. The van der Waals surface area contributed by atoms with Crippen LogP contribution in [0.25, 0.3) is 10.9 Å². The molecule has 1 aliphatic heterocycles. The third-order valence-corrected chi connectivity index (χ3v) is 8.07. The van der Waals surface area contributed by atoms with Gasteiger partial charge in [-0.15, -0.1) is 0 Å². The molecule has 38 heavy (non-hydrogen) atoms. The van der Waals surface area contributed by atoms with Crippen molar-refractivity contribution >= 4 is 38.3 Å². The molecule has 1 aromatic carbocycles. The molecule has 0 radical (unpaired) electrons. The summed E-state index contributed by atoms with van der Waals surface area (Å²) in [6.45, 7) is 1.14. The molecule has 13 heteroatoms. The van der Waals surface area contributed by atoms with E-state index in [1.165, 1.54) is 18.2 Å². The fraction of sp³-hybridized carbons (Fsp3) is 0.320. The predicted molar refractivity (Wildman–Crippen MR) is 135 cm³/mol. The van der Waals surface area contributed by atoms with Gasteiger partial charge < -0.3 is 9.47 Å². The topological polar surface area (TPSA) is 81.0 Å². The summed E-state index contributed by atoms with van der Waals surface area (Å²) in [5.74, 6) is -0.202. The highest BCUT2D eigenvalue weighted by Gasteiger charge is 2.32. The van der Waals surface area contributed by atoms with Gasteiger partial charge in [0.05, 0.1) is 33.2 Å². The van der Waals surface area contributed by atoms with Crippen LogP contribution in [0.4, 0.5) is 23.5 Å². The summed E-state index contributed by atoms with van der Waals surface area (Å²) in [5.41, 5.74) is 0.645. The van der Waals surface area contributed by atoms with Crippen molar-refractivity contribution in [1.82, 2.24) is 19.5 Å². The largest absolute Gasteiger partial charge is 0.419 e. The van der Waals surface area contributed by atoms with Crippen molar-refractivity contribution in [2.24, 2.45) is 0 Å². The Balaban J connectivity index is 1.28. The van der Waals surface area contributed by atoms with E-state index in [9.17, 15) is 21.6 Å². The summed E-state index contributed by atoms with van der Waals surface area (Å²) >= 11 is 6.37. The number of piperidine rings is 1. The normalized spacial score (nSPS) is 15.4. The Labute approximate surface area is 221 Å². The first-order chi connectivity index (χ1) is 17.9. The molecule has 4 heterocycles. The Hall–Kier alpha value is -3.25. The van der Waals surface area contributed by atoms with E-state index in [0.717, 1.165) is 24.2 Å². The molecule has 0 unspecified atom stereocenters. The number of fused-ring (bicyclic) bond motifs is 1. The van der Waals surface area contributed by atoms with Gasteiger partial charge in [0.1, 0.15) is 5.82 Å². The second kappa shape index (κ2) is 9.81. The average Bonchev–Trinajstić information content (AvgIpc) is 3.28. The van der Waals surface area contributed by atoms with E-state index in [1.807, 2.05) is 4.90 Å². The second-order valence-corrected chi connectivity index (χ2v) is 11.7. The molecule has 1 aliphatic rings. The number of rotatable bonds is 5. The molecule has 0 saturated carbocycles. The van der Waals surface area contributed by atoms with Crippen LogP contribution in [0.3, 0.4) is 0 Å². The minimum Gasteiger partial charge on any atom is -0.341 e. The highest BCUT2D eigenvalue weighted by atomic mass is 35.5. The van der Waals surface area contributed by atoms with Gasteiger partial charge >= 0.3 is 6.18 Å². The zero-order chi connectivity index (χ0) is 27.2. The van der Waals surface area contributed by atoms with Crippen molar-refractivity contribution in [2.45, 2.75) is 36.4 Å². The fourth-order valence-corrected chi connectivity index (χ4v) is 5.71. The number of benzene rings is 1. The maximum absolute atomic E-state index is 15.1. The molecule has 1 fully saturated rings.